The van der Waals surface area contributed by atoms with Gasteiger partial charge in [-0.25, -0.2) is 0 Å². The first kappa shape index (κ1) is 14.3. The Morgan fingerprint density at radius 3 is 2.50 bits per heavy atom. The lowest BCUT2D eigenvalue weighted by molar-refractivity contribution is 0.112. The molecule has 0 aromatic heterocycles. The van der Waals surface area contributed by atoms with E-state index < -0.39 is 0 Å². The summed E-state index contributed by atoms with van der Waals surface area (Å²) in [4.78, 5) is 11.0. The fourth-order valence-electron chi connectivity index (χ4n) is 1.92. The molecular formula is C17H18O3. The van der Waals surface area contributed by atoms with Crippen molar-refractivity contribution in [2.45, 2.75) is 13.3 Å². The molecule has 3 heteroatoms. The first-order valence-electron chi connectivity index (χ1n) is 6.54. The first-order chi connectivity index (χ1) is 9.72. The van der Waals surface area contributed by atoms with E-state index in [1.165, 1.54) is 5.56 Å². The number of rotatable bonds is 6. The van der Waals surface area contributed by atoms with Gasteiger partial charge in [-0.05, 0) is 43.2 Å². The zero-order chi connectivity index (χ0) is 14.4. The Hall–Kier alpha value is -2.13. The normalized spacial score (nSPS) is 10.3. The highest BCUT2D eigenvalue weighted by Gasteiger charge is 2.04. The van der Waals surface area contributed by atoms with Crippen LogP contribution in [0.4, 0.5) is 0 Å². The molecule has 2 rings (SSSR count). The van der Waals surface area contributed by atoms with Gasteiger partial charge in [-0.15, -0.1) is 0 Å². The van der Waals surface area contributed by atoms with Crippen LogP contribution >= 0.6 is 0 Å². The third kappa shape index (κ3) is 3.68. The molecule has 3 nitrogen and oxygen atoms in total. The second-order valence-corrected chi connectivity index (χ2v) is 4.65. The van der Waals surface area contributed by atoms with Crippen molar-refractivity contribution >= 4 is 6.29 Å². The van der Waals surface area contributed by atoms with Gasteiger partial charge in [-0.3, -0.25) is 4.79 Å². The van der Waals surface area contributed by atoms with Crippen LogP contribution in [0.3, 0.4) is 0 Å². The van der Waals surface area contributed by atoms with Crippen molar-refractivity contribution in [3.05, 3.63) is 59.2 Å². The molecule has 0 atom stereocenters. The second kappa shape index (κ2) is 6.87. The van der Waals surface area contributed by atoms with Crippen molar-refractivity contribution in [3.63, 3.8) is 0 Å². The SMILES string of the molecule is COCCc1ccc(Oc2ccc(C)cc2C=O)cc1. The van der Waals surface area contributed by atoms with Crippen molar-refractivity contribution < 1.29 is 14.3 Å². The van der Waals surface area contributed by atoms with Crippen LogP contribution in [-0.2, 0) is 11.2 Å². The fraction of sp³-hybridized carbons (Fsp3) is 0.235. The van der Waals surface area contributed by atoms with Gasteiger partial charge in [0.05, 0.1) is 12.2 Å². The van der Waals surface area contributed by atoms with E-state index in [9.17, 15) is 4.79 Å². The highest BCUT2D eigenvalue weighted by atomic mass is 16.5. The number of carbonyl (C=O) groups is 1. The van der Waals surface area contributed by atoms with Crippen molar-refractivity contribution in [1.29, 1.82) is 0 Å². The molecule has 20 heavy (non-hydrogen) atoms. The minimum Gasteiger partial charge on any atom is -0.457 e. The molecule has 0 unspecified atom stereocenters. The largest absolute Gasteiger partial charge is 0.457 e. The molecule has 0 spiro atoms. The molecule has 0 aliphatic heterocycles. The number of hydrogen-bond donors (Lipinski definition) is 0. The summed E-state index contributed by atoms with van der Waals surface area (Å²) in [5, 5.41) is 0. The fourth-order valence-corrected chi connectivity index (χ4v) is 1.92. The van der Waals surface area contributed by atoms with E-state index in [2.05, 4.69) is 0 Å². The van der Waals surface area contributed by atoms with Crippen molar-refractivity contribution in [2.24, 2.45) is 0 Å². The Morgan fingerprint density at radius 2 is 1.85 bits per heavy atom. The predicted molar refractivity (Wildman–Crippen MR) is 78.7 cm³/mol. The number of aryl methyl sites for hydroxylation is 1. The number of aldehydes is 1. The summed E-state index contributed by atoms with van der Waals surface area (Å²) in [6.45, 7) is 2.65. The lowest BCUT2D eigenvalue weighted by atomic mass is 10.1. The second-order valence-electron chi connectivity index (χ2n) is 4.65. The predicted octanol–water partition coefficient (Wildman–Crippen LogP) is 3.79. The molecule has 0 aliphatic carbocycles. The van der Waals surface area contributed by atoms with Crippen LogP contribution in [0.2, 0.25) is 0 Å². The summed E-state index contributed by atoms with van der Waals surface area (Å²) in [6, 6.07) is 13.4. The molecule has 0 aliphatic rings. The van der Waals surface area contributed by atoms with Gasteiger partial charge in [0, 0.05) is 7.11 Å². The van der Waals surface area contributed by atoms with E-state index in [1.54, 1.807) is 7.11 Å². The lowest BCUT2D eigenvalue weighted by Crippen LogP contribution is -1.95. The van der Waals surface area contributed by atoms with Gasteiger partial charge in [0.2, 0.25) is 0 Å². The molecular weight excluding hydrogens is 252 g/mol. The molecule has 0 fully saturated rings. The highest BCUT2D eigenvalue weighted by Crippen LogP contribution is 2.25. The van der Waals surface area contributed by atoms with E-state index in [0.717, 1.165) is 24.0 Å². The van der Waals surface area contributed by atoms with E-state index in [0.29, 0.717) is 17.9 Å². The molecule has 2 aromatic carbocycles. The Kier molecular flexibility index (Phi) is 4.91. The number of carbonyl (C=O) groups excluding carboxylic acids is 1. The Bertz CT molecular complexity index is 573. The van der Waals surface area contributed by atoms with E-state index in [-0.39, 0.29) is 0 Å². The van der Waals surface area contributed by atoms with E-state index >= 15 is 0 Å². The van der Waals surface area contributed by atoms with Gasteiger partial charge in [-0.2, -0.15) is 0 Å². The van der Waals surface area contributed by atoms with E-state index in [1.807, 2.05) is 49.4 Å². The van der Waals surface area contributed by atoms with Crippen LogP contribution in [-0.4, -0.2) is 20.0 Å². The smallest absolute Gasteiger partial charge is 0.153 e. The first-order valence-corrected chi connectivity index (χ1v) is 6.54. The minimum absolute atomic E-state index is 0.563. The van der Waals surface area contributed by atoms with E-state index in [4.69, 9.17) is 9.47 Å². The molecule has 0 saturated heterocycles. The van der Waals surface area contributed by atoms with Gasteiger partial charge < -0.3 is 9.47 Å². The molecule has 0 radical (unpaired) electrons. The monoisotopic (exact) mass is 270 g/mol. The standard InChI is InChI=1S/C17H18O3/c1-13-3-8-17(15(11-13)12-18)20-16-6-4-14(5-7-16)9-10-19-2/h3-8,11-12H,9-10H2,1-2H3. The number of hydrogen-bond acceptors (Lipinski definition) is 3. The molecule has 104 valence electrons. The molecule has 0 saturated carbocycles. The summed E-state index contributed by atoms with van der Waals surface area (Å²) in [5.41, 5.74) is 2.79. The third-order valence-corrected chi connectivity index (χ3v) is 3.04. The van der Waals surface area contributed by atoms with Crippen molar-refractivity contribution in [3.8, 4) is 11.5 Å². The summed E-state index contributed by atoms with van der Waals surface area (Å²) in [6.07, 6.45) is 1.69. The minimum atomic E-state index is 0.563. The lowest BCUT2D eigenvalue weighted by Gasteiger charge is -2.09. The molecule has 0 heterocycles. The number of methoxy groups -OCH3 is 1. The molecule has 0 N–H and O–H groups in total. The average Bonchev–Trinajstić information content (AvgIpc) is 2.48. The van der Waals surface area contributed by atoms with Crippen LogP contribution in [0, 0.1) is 6.92 Å². The topological polar surface area (TPSA) is 35.5 Å². The molecule has 2 aromatic rings. The maximum Gasteiger partial charge on any atom is 0.153 e. The summed E-state index contributed by atoms with van der Waals surface area (Å²) >= 11 is 0. The van der Waals surface area contributed by atoms with Crippen LogP contribution in [0.15, 0.2) is 42.5 Å². The Labute approximate surface area is 119 Å². The third-order valence-electron chi connectivity index (χ3n) is 3.04. The van der Waals surface area contributed by atoms with Crippen molar-refractivity contribution in [2.75, 3.05) is 13.7 Å². The van der Waals surface area contributed by atoms with Crippen molar-refractivity contribution in [1.82, 2.24) is 0 Å². The number of benzene rings is 2. The van der Waals surface area contributed by atoms with Gasteiger partial charge in [-0.1, -0.05) is 23.8 Å². The quantitative estimate of drug-likeness (QED) is 0.749. The number of ether oxygens (including phenoxy) is 2. The summed E-state index contributed by atoms with van der Waals surface area (Å²) < 4.78 is 10.8. The van der Waals surface area contributed by atoms with Gasteiger partial charge >= 0.3 is 0 Å². The zero-order valence-corrected chi connectivity index (χ0v) is 11.8. The van der Waals surface area contributed by atoms with Gasteiger partial charge in [0.1, 0.15) is 11.5 Å². The van der Waals surface area contributed by atoms with Crippen LogP contribution in [0.5, 0.6) is 11.5 Å². The maximum atomic E-state index is 11.0. The van der Waals surface area contributed by atoms with Crippen LogP contribution in [0.1, 0.15) is 21.5 Å². The van der Waals surface area contributed by atoms with Crippen LogP contribution < -0.4 is 4.74 Å². The molecule has 0 bridgehead atoms. The Balaban J connectivity index is 2.12. The Morgan fingerprint density at radius 1 is 1.10 bits per heavy atom. The van der Waals surface area contributed by atoms with Gasteiger partial charge in [0.15, 0.2) is 6.29 Å². The highest BCUT2D eigenvalue weighted by molar-refractivity contribution is 5.79. The average molecular weight is 270 g/mol. The summed E-state index contributed by atoms with van der Waals surface area (Å²) in [5.74, 6) is 1.30. The van der Waals surface area contributed by atoms with Crippen LogP contribution in [0.25, 0.3) is 0 Å². The molecule has 0 amide bonds. The maximum absolute atomic E-state index is 11.0. The summed E-state index contributed by atoms with van der Waals surface area (Å²) in [7, 11) is 1.69. The zero-order valence-electron chi connectivity index (χ0n) is 11.8. The van der Waals surface area contributed by atoms with Gasteiger partial charge in [0.25, 0.3) is 0 Å².